The molecule has 2 aromatic heterocycles. The highest BCUT2D eigenvalue weighted by atomic mass is 32.1. The molecule has 1 aliphatic rings. The summed E-state index contributed by atoms with van der Waals surface area (Å²) in [6.07, 6.45) is 4.07. The smallest absolute Gasteiger partial charge is 0.265 e. The lowest BCUT2D eigenvalue weighted by Gasteiger charge is -2.36. The summed E-state index contributed by atoms with van der Waals surface area (Å²) < 4.78 is 0. The summed E-state index contributed by atoms with van der Waals surface area (Å²) in [5.41, 5.74) is 1.99. The van der Waals surface area contributed by atoms with Crippen LogP contribution in [0.25, 0.3) is 0 Å². The summed E-state index contributed by atoms with van der Waals surface area (Å²) in [4.78, 5) is 30.7. The average Bonchev–Trinajstić information content (AvgIpc) is 3.53. The first-order valence-corrected chi connectivity index (χ1v) is 12.1. The van der Waals surface area contributed by atoms with Gasteiger partial charge < -0.3 is 10.2 Å². The molecule has 0 radical (unpaired) electrons. The Morgan fingerprint density at radius 2 is 1.73 bits per heavy atom. The van der Waals surface area contributed by atoms with E-state index in [1.54, 1.807) is 11.3 Å². The molecule has 30 heavy (non-hydrogen) atoms. The Kier molecular flexibility index (Phi) is 6.65. The number of nitrogens with zero attached hydrogens (tertiary/aromatic N) is 1. The third kappa shape index (κ3) is 4.65. The molecule has 0 unspecified atom stereocenters. The van der Waals surface area contributed by atoms with Crippen LogP contribution >= 0.6 is 22.7 Å². The molecule has 2 amide bonds. The lowest BCUT2D eigenvalue weighted by molar-refractivity contribution is -0.126. The molecule has 1 saturated carbocycles. The van der Waals surface area contributed by atoms with Crippen LogP contribution in [0.4, 0.5) is 0 Å². The van der Waals surface area contributed by atoms with Gasteiger partial charge in [-0.15, -0.1) is 22.7 Å². The predicted octanol–water partition coefficient (Wildman–Crippen LogP) is 5.56. The van der Waals surface area contributed by atoms with Crippen molar-refractivity contribution in [1.29, 1.82) is 0 Å². The van der Waals surface area contributed by atoms with Crippen molar-refractivity contribution in [2.75, 3.05) is 0 Å². The molecular formula is C24H26N2O2S2. The molecule has 1 aromatic carbocycles. The summed E-state index contributed by atoms with van der Waals surface area (Å²) >= 11 is 3.05. The summed E-state index contributed by atoms with van der Waals surface area (Å²) in [5.74, 6) is -0.169. The van der Waals surface area contributed by atoms with Gasteiger partial charge >= 0.3 is 0 Å². The van der Waals surface area contributed by atoms with Crippen molar-refractivity contribution in [2.24, 2.45) is 0 Å². The average molecular weight is 439 g/mol. The van der Waals surface area contributed by atoms with Crippen LogP contribution in [-0.4, -0.2) is 22.8 Å². The molecular weight excluding hydrogens is 412 g/mol. The molecule has 0 bridgehead atoms. The molecule has 1 N–H and O–H groups in total. The van der Waals surface area contributed by atoms with Crippen LogP contribution in [0.15, 0.2) is 59.3 Å². The van der Waals surface area contributed by atoms with E-state index in [1.165, 1.54) is 11.3 Å². The second-order valence-corrected chi connectivity index (χ2v) is 9.72. The van der Waals surface area contributed by atoms with Gasteiger partial charge in [-0.05, 0) is 48.2 Å². The fourth-order valence-electron chi connectivity index (χ4n) is 4.07. The summed E-state index contributed by atoms with van der Waals surface area (Å²) in [6, 6.07) is 15.2. The number of carbonyl (C=O) groups excluding carboxylic acids is 2. The van der Waals surface area contributed by atoms with E-state index in [2.05, 4.69) is 5.32 Å². The highest BCUT2D eigenvalue weighted by Gasteiger charge is 2.38. The van der Waals surface area contributed by atoms with E-state index in [0.29, 0.717) is 11.4 Å². The van der Waals surface area contributed by atoms with Crippen molar-refractivity contribution in [3.05, 3.63) is 80.2 Å². The van der Waals surface area contributed by atoms with Gasteiger partial charge in [-0.3, -0.25) is 9.59 Å². The summed E-state index contributed by atoms with van der Waals surface area (Å²) in [7, 11) is 0. The van der Waals surface area contributed by atoms with E-state index in [-0.39, 0.29) is 17.9 Å². The van der Waals surface area contributed by atoms with Crippen molar-refractivity contribution >= 4 is 34.5 Å². The Labute approximate surface area is 185 Å². The molecule has 2 heterocycles. The zero-order valence-corrected chi connectivity index (χ0v) is 18.7. The summed E-state index contributed by atoms with van der Waals surface area (Å²) in [5, 5.41) is 7.00. The normalized spacial score (nSPS) is 15.1. The van der Waals surface area contributed by atoms with Crippen LogP contribution in [0.1, 0.15) is 57.4 Å². The van der Waals surface area contributed by atoms with Gasteiger partial charge in [0.05, 0.1) is 11.4 Å². The maximum absolute atomic E-state index is 13.6. The topological polar surface area (TPSA) is 49.4 Å². The van der Waals surface area contributed by atoms with Gasteiger partial charge in [0.2, 0.25) is 5.91 Å². The van der Waals surface area contributed by atoms with Crippen LogP contribution in [-0.2, 0) is 11.3 Å². The maximum atomic E-state index is 13.6. The van der Waals surface area contributed by atoms with E-state index >= 15 is 0 Å². The van der Waals surface area contributed by atoms with Gasteiger partial charge in [-0.2, -0.15) is 0 Å². The van der Waals surface area contributed by atoms with E-state index in [0.717, 1.165) is 41.7 Å². The lowest BCUT2D eigenvalue weighted by atomic mass is 9.99. The Balaban J connectivity index is 1.69. The maximum Gasteiger partial charge on any atom is 0.265 e. The minimum absolute atomic E-state index is 0.0475. The lowest BCUT2D eigenvalue weighted by Crippen LogP contribution is -2.47. The predicted molar refractivity (Wildman–Crippen MR) is 123 cm³/mol. The van der Waals surface area contributed by atoms with E-state index in [1.807, 2.05) is 71.1 Å². The second-order valence-electron chi connectivity index (χ2n) is 7.74. The number of amides is 2. The van der Waals surface area contributed by atoms with Crippen molar-refractivity contribution in [1.82, 2.24) is 10.2 Å². The first-order valence-electron chi connectivity index (χ1n) is 10.4. The highest BCUT2D eigenvalue weighted by Crippen LogP contribution is 2.34. The van der Waals surface area contributed by atoms with E-state index in [9.17, 15) is 9.59 Å². The fraction of sp³-hybridized carbons (Fsp3) is 0.333. The molecule has 156 valence electrons. The molecule has 4 rings (SSSR count). The first kappa shape index (κ1) is 20.8. The highest BCUT2D eigenvalue weighted by molar-refractivity contribution is 7.12. The van der Waals surface area contributed by atoms with Crippen molar-refractivity contribution in [3.63, 3.8) is 0 Å². The molecule has 4 nitrogen and oxygen atoms in total. The standard InChI is InChI=1S/C24H26N2O2S2/c1-17-10-12-18(13-11-17)22(23(27)25-16-20-8-4-14-29-20)26(19-6-2-3-7-19)24(28)21-9-5-15-30-21/h4-5,8-15,19,22H,2-3,6-7,16H2,1H3,(H,25,27)/t22-/m0/s1. The first-order chi connectivity index (χ1) is 14.6. The monoisotopic (exact) mass is 438 g/mol. The van der Waals surface area contributed by atoms with Gasteiger partial charge in [0, 0.05) is 10.9 Å². The zero-order chi connectivity index (χ0) is 20.9. The third-order valence-electron chi connectivity index (χ3n) is 5.62. The van der Waals surface area contributed by atoms with Crippen LogP contribution in [0.3, 0.4) is 0 Å². The molecule has 3 aromatic rings. The molecule has 0 aliphatic heterocycles. The molecule has 1 atom stereocenters. The van der Waals surface area contributed by atoms with E-state index in [4.69, 9.17) is 0 Å². The quantitative estimate of drug-likeness (QED) is 0.525. The van der Waals surface area contributed by atoms with Gasteiger partial charge in [0.15, 0.2) is 0 Å². The number of benzene rings is 1. The fourth-order valence-corrected chi connectivity index (χ4v) is 5.39. The molecule has 1 fully saturated rings. The van der Waals surface area contributed by atoms with Crippen LogP contribution in [0.5, 0.6) is 0 Å². The van der Waals surface area contributed by atoms with Crippen molar-refractivity contribution in [3.8, 4) is 0 Å². The minimum Gasteiger partial charge on any atom is -0.349 e. The van der Waals surface area contributed by atoms with Crippen LogP contribution in [0.2, 0.25) is 0 Å². The molecule has 6 heteroatoms. The van der Waals surface area contributed by atoms with Crippen LogP contribution < -0.4 is 5.32 Å². The Hall–Kier alpha value is -2.44. The number of carbonyl (C=O) groups is 2. The minimum atomic E-state index is -0.636. The Morgan fingerprint density at radius 1 is 1.03 bits per heavy atom. The SMILES string of the molecule is Cc1ccc([C@@H](C(=O)NCc2cccs2)N(C(=O)c2cccs2)C2CCCC2)cc1. The Morgan fingerprint density at radius 3 is 2.37 bits per heavy atom. The summed E-state index contributed by atoms with van der Waals surface area (Å²) in [6.45, 7) is 2.51. The second kappa shape index (κ2) is 9.58. The van der Waals surface area contributed by atoms with Crippen LogP contribution in [0, 0.1) is 6.92 Å². The van der Waals surface area contributed by atoms with Crippen molar-refractivity contribution in [2.45, 2.75) is 51.2 Å². The number of hydrogen-bond acceptors (Lipinski definition) is 4. The molecule has 0 spiro atoms. The number of hydrogen-bond donors (Lipinski definition) is 1. The van der Waals surface area contributed by atoms with Gasteiger partial charge in [0.1, 0.15) is 6.04 Å². The van der Waals surface area contributed by atoms with Gasteiger partial charge in [-0.1, -0.05) is 54.8 Å². The number of thiophene rings is 2. The number of rotatable bonds is 7. The zero-order valence-electron chi connectivity index (χ0n) is 17.0. The Bertz CT molecular complexity index is 959. The number of nitrogens with one attached hydrogen (secondary N) is 1. The molecule has 0 saturated heterocycles. The van der Waals surface area contributed by atoms with E-state index < -0.39 is 6.04 Å². The molecule has 1 aliphatic carbocycles. The third-order valence-corrected chi connectivity index (χ3v) is 7.36. The van der Waals surface area contributed by atoms with Gasteiger partial charge in [0.25, 0.3) is 5.91 Å². The van der Waals surface area contributed by atoms with Gasteiger partial charge in [-0.25, -0.2) is 0 Å². The largest absolute Gasteiger partial charge is 0.349 e. The van der Waals surface area contributed by atoms with Crippen molar-refractivity contribution < 1.29 is 9.59 Å². The number of aryl methyl sites for hydroxylation is 1.